The number of benzene rings is 2. The van der Waals surface area contributed by atoms with E-state index in [1.807, 2.05) is 61.3 Å². The van der Waals surface area contributed by atoms with Gasteiger partial charge in [-0.3, -0.25) is 19.5 Å². The Morgan fingerprint density at radius 3 is 2.54 bits per heavy atom. The molecule has 0 saturated carbocycles. The SMILES string of the molecule is CNC(=O)c1ccc(CN(C)C(C)C(=O)Nc2cccc3ncccc23)cc1. The summed E-state index contributed by atoms with van der Waals surface area (Å²) in [4.78, 5) is 30.7. The van der Waals surface area contributed by atoms with Crippen LogP contribution in [0.15, 0.2) is 60.8 Å². The minimum Gasteiger partial charge on any atom is -0.355 e. The molecule has 1 heterocycles. The van der Waals surface area contributed by atoms with E-state index >= 15 is 0 Å². The van der Waals surface area contributed by atoms with Gasteiger partial charge in [-0.15, -0.1) is 0 Å². The Kier molecular flexibility index (Phi) is 6.01. The lowest BCUT2D eigenvalue weighted by Crippen LogP contribution is -2.39. The number of hydrogen-bond donors (Lipinski definition) is 2. The van der Waals surface area contributed by atoms with Crippen molar-refractivity contribution in [3.05, 3.63) is 71.9 Å². The van der Waals surface area contributed by atoms with Crippen molar-refractivity contribution in [2.75, 3.05) is 19.4 Å². The monoisotopic (exact) mass is 376 g/mol. The van der Waals surface area contributed by atoms with Crippen LogP contribution in [0.1, 0.15) is 22.8 Å². The fourth-order valence-electron chi connectivity index (χ4n) is 2.98. The zero-order valence-corrected chi connectivity index (χ0v) is 16.3. The van der Waals surface area contributed by atoms with E-state index in [1.54, 1.807) is 25.4 Å². The number of nitrogens with zero attached hydrogens (tertiary/aromatic N) is 2. The highest BCUT2D eigenvalue weighted by Gasteiger charge is 2.19. The van der Waals surface area contributed by atoms with Crippen LogP contribution < -0.4 is 10.6 Å². The van der Waals surface area contributed by atoms with Crippen LogP contribution in [0.25, 0.3) is 10.9 Å². The molecule has 0 spiro atoms. The number of carbonyl (C=O) groups excluding carboxylic acids is 2. The molecule has 0 fully saturated rings. The van der Waals surface area contributed by atoms with Gasteiger partial charge < -0.3 is 10.6 Å². The maximum Gasteiger partial charge on any atom is 0.251 e. The van der Waals surface area contributed by atoms with E-state index in [4.69, 9.17) is 0 Å². The van der Waals surface area contributed by atoms with Crippen LogP contribution in [0.5, 0.6) is 0 Å². The molecular weight excluding hydrogens is 352 g/mol. The maximum atomic E-state index is 12.7. The predicted molar refractivity (Wildman–Crippen MR) is 111 cm³/mol. The van der Waals surface area contributed by atoms with Gasteiger partial charge in [-0.05, 0) is 55.9 Å². The largest absolute Gasteiger partial charge is 0.355 e. The van der Waals surface area contributed by atoms with Crippen LogP contribution in [0, 0.1) is 0 Å². The van der Waals surface area contributed by atoms with E-state index in [9.17, 15) is 9.59 Å². The second kappa shape index (κ2) is 8.63. The molecule has 0 aliphatic carbocycles. The van der Waals surface area contributed by atoms with E-state index in [1.165, 1.54) is 0 Å². The van der Waals surface area contributed by atoms with E-state index < -0.39 is 0 Å². The quantitative estimate of drug-likeness (QED) is 0.693. The Bertz CT molecular complexity index is 980. The molecule has 0 aliphatic heterocycles. The number of carbonyl (C=O) groups is 2. The maximum absolute atomic E-state index is 12.7. The topological polar surface area (TPSA) is 74.3 Å². The first kappa shape index (κ1) is 19.5. The first-order chi connectivity index (χ1) is 13.5. The molecule has 144 valence electrons. The minimum absolute atomic E-state index is 0.0826. The Labute approximate surface area is 164 Å². The molecule has 6 heteroatoms. The van der Waals surface area contributed by atoms with E-state index in [0.29, 0.717) is 12.1 Å². The van der Waals surface area contributed by atoms with Gasteiger partial charge >= 0.3 is 0 Å². The highest BCUT2D eigenvalue weighted by Crippen LogP contribution is 2.21. The molecule has 3 aromatic rings. The molecule has 0 radical (unpaired) electrons. The molecular formula is C22H24N4O2. The smallest absolute Gasteiger partial charge is 0.251 e. The number of pyridine rings is 1. The lowest BCUT2D eigenvalue weighted by molar-refractivity contribution is -0.120. The molecule has 0 aliphatic rings. The van der Waals surface area contributed by atoms with Crippen molar-refractivity contribution in [3.63, 3.8) is 0 Å². The van der Waals surface area contributed by atoms with Gasteiger partial charge in [0, 0.05) is 30.7 Å². The highest BCUT2D eigenvalue weighted by molar-refractivity contribution is 6.02. The van der Waals surface area contributed by atoms with Gasteiger partial charge in [0.15, 0.2) is 0 Å². The summed E-state index contributed by atoms with van der Waals surface area (Å²) in [5, 5.41) is 6.53. The zero-order valence-electron chi connectivity index (χ0n) is 16.3. The van der Waals surface area contributed by atoms with Crippen molar-refractivity contribution < 1.29 is 9.59 Å². The van der Waals surface area contributed by atoms with Crippen molar-refractivity contribution in [2.24, 2.45) is 0 Å². The Morgan fingerprint density at radius 1 is 1.07 bits per heavy atom. The molecule has 2 N–H and O–H groups in total. The third kappa shape index (κ3) is 4.35. The van der Waals surface area contributed by atoms with Crippen molar-refractivity contribution in [2.45, 2.75) is 19.5 Å². The van der Waals surface area contributed by atoms with Gasteiger partial charge in [0.2, 0.25) is 5.91 Å². The van der Waals surface area contributed by atoms with E-state index in [-0.39, 0.29) is 17.9 Å². The molecule has 2 aromatic carbocycles. The average Bonchev–Trinajstić information content (AvgIpc) is 2.73. The van der Waals surface area contributed by atoms with Crippen LogP contribution in [-0.2, 0) is 11.3 Å². The standard InChI is InChI=1S/C22H24N4O2/c1-15(26(3)14-16-9-11-17(12-10-16)22(28)23-2)21(27)25-20-8-4-7-19-18(20)6-5-13-24-19/h4-13,15H,14H2,1-3H3,(H,23,28)(H,25,27). The molecule has 1 unspecified atom stereocenters. The van der Waals surface area contributed by atoms with Gasteiger partial charge in [0.25, 0.3) is 5.91 Å². The van der Waals surface area contributed by atoms with Crippen molar-refractivity contribution in [1.82, 2.24) is 15.2 Å². The molecule has 1 atom stereocenters. The van der Waals surface area contributed by atoms with Gasteiger partial charge in [0.1, 0.15) is 0 Å². The van der Waals surface area contributed by atoms with Crippen LogP contribution in [0.2, 0.25) is 0 Å². The molecule has 1 aromatic heterocycles. The Balaban J connectivity index is 1.66. The fraction of sp³-hybridized carbons (Fsp3) is 0.227. The Morgan fingerprint density at radius 2 is 1.82 bits per heavy atom. The summed E-state index contributed by atoms with van der Waals surface area (Å²) < 4.78 is 0. The van der Waals surface area contributed by atoms with Crippen molar-refractivity contribution >= 4 is 28.4 Å². The zero-order chi connectivity index (χ0) is 20.1. The third-order valence-electron chi connectivity index (χ3n) is 4.82. The van der Waals surface area contributed by atoms with Crippen LogP contribution in [0.4, 0.5) is 5.69 Å². The van der Waals surface area contributed by atoms with E-state index in [0.717, 1.165) is 22.2 Å². The summed E-state index contributed by atoms with van der Waals surface area (Å²) in [6, 6.07) is 16.5. The summed E-state index contributed by atoms with van der Waals surface area (Å²) in [5.41, 5.74) is 3.25. The van der Waals surface area contributed by atoms with Crippen LogP contribution in [0.3, 0.4) is 0 Å². The molecule has 28 heavy (non-hydrogen) atoms. The lowest BCUT2D eigenvalue weighted by Gasteiger charge is -2.24. The Hall–Kier alpha value is -3.25. The van der Waals surface area contributed by atoms with Gasteiger partial charge in [0.05, 0.1) is 17.2 Å². The summed E-state index contributed by atoms with van der Waals surface area (Å²) in [6.07, 6.45) is 1.74. The lowest BCUT2D eigenvalue weighted by atomic mass is 10.1. The fourth-order valence-corrected chi connectivity index (χ4v) is 2.98. The number of nitrogens with one attached hydrogen (secondary N) is 2. The van der Waals surface area contributed by atoms with Crippen molar-refractivity contribution in [1.29, 1.82) is 0 Å². The van der Waals surface area contributed by atoms with E-state index in [2.05, 4.69) is 15.6 Å². The average molecular weight is 376 g/mol. The summed E-state index contributed by atoms with van der Waals surface area (Å²) >= 11 is 0. The highest BCUT2D eigenvalue weighted by atomic mass is 16.2. The molecule has 0 saturated heterocycles. The number of fused-ring (bicyclic) bond motifs is 1. The second-order valence-corrected chi connectivity index (χ2v) is 6.73. The predicted octanol–water partition coefficient (Wildman–Crippen LogP) is 3.05. The number of anilines is 1. The van der Waals surface area contributed by atoms with Crippen molar-refractivity contribution in [3.8, 4) is 0 Å². The first-order valence-electron chi connectivity index (χ1n) is 9.15. The van der Waals surface area contributed by atoms with Gasteiger partial charge in [-0.1, -0.05) is 18.2 Å². The molecule has 6 nitrogen and oxygen atoms in total. The number of aromatic nitrogens is 1. The third-order valence-corrected chi connectivity index (χ3v) is 4.82. The number of rotatable bonds is 6. The normalized spacial score (nSPS) is 12.0. The number of amides is 2. The minimum atomic E-state index is -0.328. The number of hydrogen-bond acceptors (Lipinski definition) is 4. The summed E-state index contributed by atoms with van der Waals surface area (Å²) in [6.45, 7) is 2.47. The molecule has 0 bridgehead atoms. The van der Waals surface area contributed by atoms with Crippen LogP contribution >= 0.6 is 0 Å². The first-order valence-corrected chi connectivity index (χ1v) is 9.15. The van der Waals surface area contributed by atoms with Gasteiger partial charge in [-0.25, -0.2) is 0 Å². The van der Waals surface area contributed by atoms with Crippen LogP contribution in [-0.4, -0.2) is 41.8 Å². The second-order valence-electron chi connectivity index (χ2n) is 6.73. The molecule has 3 rings (SSSR count). The van der Waals surface area contributed by atoms with Gasteiger partial charge in [-0.2, -0.15) is 0 Å². The summed E-state index contributed by atoms with van der Waals surface area (Å²) in [7, 11) is 3.51. The molecule has 2 amide bonds. The summed E-state index contributed by atoms with van der Waals surface area (Å²) in [5.74, 6) is -0.196. The number of likely N-dealkylation sites (N-methyl/N-ethyl adjacent to an activating group) is 1.